The molecule has 0 bridgehead atoms. The van der Waals surface area contributed by atoms with Crippen molar-refractivity contribution in [2.24, 2.45) is 5.92 Å². The van der Waals surface area contributed by atoms with E-state index in [1.807, 2.05) is 24.3 Å². The van der Waals surface area contributed by atoms with Crippen molar-refractivity contribution >= 4 is 23.4 Å². The zero-order chi connectivity index (χ0) is 19.9. The van der Waals surface area contributed by atoms with Crippen LogP contribution in [0.1, 0.15) is 39.5 Å². The number of carbonyl (C=O) groups excluding carboxylic acids is 2. The Kier molecular flexibility index (Phi) is 7.14. The van der Waals surface area contributed by atoms with Gasteiger partial charge in [-0.1, -0.05) is 32.8 Å². The van der Waals surface area contributed by atoms with Gasteiger partial charge in [-0.3, -0.25) is 9.80 Å². The molecule has 7 nitrogen and oxygen atoms in total. The van der Waals surface area contributed by atoms with Crippen LogP contribution in [0.3, 0.4) is 0 Å². The minimum atomic E-state index is -0.196. The second-order valence-corrected chi connectivity index (χ2v) is 7.66. The summed E-state index contributed by atoms with van der Waals surface area (Å²) in [4.78, 5) is 28.5. The number of hydrogen-bond donors (Lipinski definition) is 3. The minimum absolute atomic E-state index is 0.0970. The van der Waals surface area contributed by atoms with Crippen molar-refractivity contribution in [1.82, 2.24) is 15.5 Å². The fourth-order valence-corrected chi connectivity index (χ4v) is 4.34. The van der Waals surface area contributed by atoms with E-state index in [1.54, 1.807) is 4.90 Å². The van der Waals surface area contributed by atoms with E-state index in [0.29, 0.717) is 37.3 Å². The van der Waals surface area contributed by atoms with Crippen molar-refractivity contribution < 1.29 is 9.59 Å². The molecule has 7 heteroatoms. The summed E-state index contributed by atoms with van der Waals surface area (Å²) in [6.07, 6.45) is 4.75. The van der Waals surface area contributed by atoms with Gasteiger partial charge in [-0.05, 0) is 50.0 Å². The molecule has 28 heavy (non-hydrogen) atoms. The second-order valence-electron chi connectivity index (χ2n) is 7.66. The molecule has 0 unspecified atom stereocenters. The van der Waals surface area contributed by atoms with Gasteiger partial charge in [0.2, 0.25) is 0 Å². The van der Waals surface area contributed by atoms with Crippen molar-refractivity contribution in [3.63, 3.8) is 0 Å². The highest BCUT2D eigenvalue weighted by atomic mass is 16.2. The lowest BCUT2D eigenvalue weighted by Crippen LogP contribution is -2.47. The van der Waals surface area contributed by atoms with E-state index in [-0.39, 0.29) is 12.1 Å². The highest BCUT2D eigenvalue weighted by Crippen LogP contribution is 2.23. The molecule has 3 rings (SSSR count). The number of urea groups is 2. The maximum absolute atomic E-state index is 12.5. The minimum Gasteiger partial charge on any atom is -0.336 e. The lowest BCUT2D eigenvalue weighted by Gasteiger charge is -2.33. The van der Waals surface area contributed by atoms with Crippen molar-refractivity contribution in [1.29, 1.82) is 0 Å². The number of nitrogens with one attached hydrogen (secondary N) is 3. The Morgan fingerprint density at radius 1 is 1.18 bits per heavy atom. The van der Waals surface area contributed by atoms with Crippen molar-refractivity contribution in [3.8, 4) is 0 Å². The molecule has 2 saturated heterocycles. The Balaban J connectivity index is 1.57. The van der Waals surface area contributed by atoms with Crippen LogP contribution in [-0.2, 0) is 0 Å². The van der Waals surface area contributed by atoms with Crippen LogP contribution >= 0.6 is 0 Å². The second kappa shape index (κ2) is 9.78. The molecule has 0 saturated carbocycles. The van der Waals surface area contributed by atoms with Crippen LogP contribution in [0.2, 0.25) is 0 Å². The van der Waals surface area contributed by atoms with Gasteiger partial charge in [0.1, 0.15) is 0 Å². The van der Waals surface area contributed by atoms with Crippen LogP contribution in [0.15, 0.2) is 24.3 Å². The third-order valence-electron chi connectivity index (χ3n) is 5.95. The Labute approximate surface area is 167 Å². The number of hydrogen-bond acceptors (Lipinski definition) is 3. The first-order valence-electron chi connectivity index (χ1n) is 10.6. The van der Waals surface area contributed by atoms with E-state index >= 15 is 0 Å². The van der Waals surface area contributed by atoms with Crippen LogP contribution in [0.5, 0.6) is 0 Å². The van der Waals surface area contributed by atoms with Crippen LogP contribution < -0.4 is 20.9 Å². The van der Waals surface area contributed by atoms with Crippen LogP contribution in [0, 0.1) is 5.92 Å². The maximum Gasteiger partial charge on any atom is 0.321 e. The average Bonchev–Trinajstić information content (AvgIpc) is 3.37. The molecule has 2 heterocycles. The zero-order valence-corrected chi connectivity index (χ0v) is 17.0. The molecule has 2 aliphatic heterocycles. The van der Waals surface area contributed by atoms with Crippen LogP contribution in [0.25, 0.3) is 0 Å². The molecular formula is C21H33N5O2. The molecule has 1 aromatic carbocycles. The van der Waals surface area contributed by atoms with Gasteiger partial charge in [-0.25, -0.2) is 9.59 Å². The Morgan fingerprint density at radius 3 is 2.57 bits per heavy atom. The van der Waals surface area contributed by atoms with E-state index < -0.39 is 0 Å². The summed E-state index contributed by atoms with van der Waals surface area (Å²) in [5, 5.41) is 8.78. The smallest absolute Gasteiger partial charge is 0.321 e. The van der Waals surface area contributed by atoms with Crippen LogP contribution in [-0.4, -0.2) is 55.7 Å². The van der Waals surface area contributed by atoms with Gasteiger partial charge in [0.05, 0.1) is 0 Å². The van der Waals surface area contributed by atoms with Gasteiger partial charge in [0, 0.05) is 37.1 Å². The predicted octanol–water partition coefficient (Wildman–Crippen LogP) is 3.24. The Morgan fingerprint density at radius 2 is 1.93 bits per heavy atom. The van der Waals surface area contributed by atoms with E-state index in [0.717, 1.165) is 31.6 Å². The molecule has 1 aromatic rings. The van der Waals surface area contributed by atoms with Gasteiger partial charge in [-0.15, -0.1) is 0 Å². The van der Waals surface area contributed by atoms with Crippen LogP contribution in [0.4, 0.5) is 21.0 Å². The number of benzene rings is 1. The maximum atomic E-state index is 12.5. The first kappa shape index (κ1) is 20.5. The summed E-state index contributed by atoms with van der Waals surface area (Å²) in [7, 11) is 0. The lowest BCUT2D eigenvalue weighted by molar-refractivity contribution is 0.163. The number of likely N-dealkylation sites (tertiary alicyclic amines) is 1. The number of carbonyl (C=O) groups is 2. The van der Waals surface area contributed by atoms with Gasteiger partial charge < -0.3 is 16.0 Å². The molecule has 3 N–H and O–H groups in total. The fourth-order valence-electron chi connectivity index (χ4n) is 4.34. The highest BCUT2D eigenvalue weighted by Gasteiger charge is 2.28. The summed E-state index contributed by atoms with van der Waals surface area (Å²) >= 11 is 0. The molecule has 0 radical (unpaired) electrons. The van der Waals surface area contributed by atoms with E-state index in [2.05, 4.69) is 34.7 Å². The van der Waals surface area contributed by atoms with Gasteiger partial charge >= 0.3 is 12.1 Å². The summed E-state index contributed by atoms with van der Waals surface area (Å²) < 4.78 is 0. The normalized spacial score (nSPS) is 18.4. The standard InChI is InChI=1S/C21H33N5O2/c1-3-16(4-2)19(25-11-5-6-12-25)15-23-20(27)24-17-8-7-9-18(14-17)26-13-10-22-21(26)28/h7-9,14,16,19H,3-6,10-13,15H2,1-2H3,(H,22,28)(H2,23,24,27)/t19-/m1/s1. The molecule has 0 aliphatic carbocycles. The molecule has 0 spiro atoms. The van der Waals surface area contributed by atoms with E-state index in [1.165, 1.54) is 12.8 Å². The SMILES string of the molecule is CCC(CC)[C@@H](CNC(=O)Nc1cccc(N2CCNC2=O)c1)N1CCCC1. The number of rotatable bonds is 8. The first-order valence-corrected chi connectivity index (χ1v) is 10.6. The van der Waals surface area contributed by atoms with Crippen molar-refractivity contribution in [2.75, 3.05) is 42.9 Å². The Hall–Kier alpha value is -2.28. The highest BCUT2D eigenvalue weighted by molar-refractivity contribution is 5.95. The van der Waals surface area contributed by atoms with Gasteiger partial charge in [-0.2, -0.15) is 0 Å². The summed E-state index contributed by atoms with van der Waals surface area (Å²) in [5.74, 6) is 0.593. The predicted molar refractivity (Wildman–Crippen MR) is 113 cm³/mol. The average molecular weight is 388 g/mol. The third-order valence-corrected chi connectivity index (χ3v) is 5.95. The monoisotopic (exact) mass is 387 g/mol. The molecule has 2 aliphatic rings. The summed E-state index contributed by atoms with van der Waals surface area (Å²) in [6, 6.07) is 7.51. The zero-order valence-electron chi connectivity index (χ0n) is 17.0. The largest absolute Gasteiger partial charge is 0.336 e. The summed E-state index contributed by atoms with van der Waals surface area (Å²) in [5.41, 5.74) is 1.48. The molecule has 0 aromatic heterocycles. The van der Waals surface area contributed by atoms with E-state index in [4.69, 9.17) is 0 Å². The molecule has 1 atom stereocenters. The number of amides is 4. The van der Waals surface area contributed by atoms with Gasteiger partial charge in [0.15, 0.2) is 0 Å². The summed E-state index contributed by atoms with van der Waals surface area (Å²) in [6.45, 7) is 8.67. The molecular weight excluding hydrogens is 354 g/mol. The topological polar surface area (TPSA) is 76.7 Å². The molecule has 154 valence electrons. The molecule has 4 amide bonds. The molecule has 2 fully saturated rings. The quantitative estimate of drug-likeness (QED) is 0.641. The third kappa shape index (κ3) is 4.95. The number of nitrogens with zero attached hydrogens (tertiary/aromatic N) is 2. The van der Waals surface area contributed by atoms with Gasteiger partial charge in [0.25, 0.3) is 0 Å². The Bertz CT molecular complexity index is 669. The van der Waals surface area contributed by atoms with E-state index in [9.17, 15) is 9.59 Å². The van der Waals surface area contributed by atoms with Crippen molar-refractivity contribution in [3.05, 3.63) is 24.3 Å². The fraction of sp³-hybridized carbons (Fsp3) is 0.619. The first-order chi connectivity index (χ1) is 13.6. The number of anilines is 2. The van der Waals surface area contributed by atoms with Crippen molar-refractivity contribution in [2.45, 2.75) is 45.6 Å². The lowest BCUT2D eigenvalue weighted by atomic mass is 9.93.